The number of rotatable bonds is 35. The van der Waals surface area contributed by atoms with Crippen LogP contribution in [-0.2, 0) is 54.3 Å². The SMILES string of the molecule is CCC(=O)N[C@@H](CSSCCC(C)C(=O)C(C)C[C@H](Cc1ccc(O)cc1)NC(=O)c1csc([C@@H](C[C@H](C(C)C)N(COC(=O)CC(C)C)C(=O)[C@@H](NC(=O)[C@H]2CCCCN2C)[C@@H](C)CC)OC(C)=O)n1)C(=O)NCCC(C)=O. The maximum atomic E-state index is 15.0. The molecule has 2 heterocycles. The number of ether oxygens (including phenoxy) is 2. The van der Waals surface area contributed by atoms with E-state index in [0.717, 1.165) is 36.3 Å². The van der Waals surface area contributed by atoms with Gasteiger partial charge < -0.3 is 40.7 Å². The molecule has 1 aliphatic rings. The summed E-state index contributed by atoms with van der Waals surface area (Å²) in [4.78, 5) is 127. The largest absolute Gasteiger partial charge is 0.508 e. The van der Waals surface area contributed by atoms with Gasteiger partial charge in [0.15, 0.2) is 12.8 Å². The molecule has 9 atom stereocenters. The van der Waals surface area contributed by atoms with Crippen LogP contribution in [0.3, 0.4) is 0 Å². The molecule has 0 saturated carbocycles. The van der Waals surface area contributed by atoms with Gasteiger partial charge in [0.05, 0.1) is 6.04 Å². The summed E-state index contributed by atoms with van der Waals surface area (Å²) in [5.41, 5.74) is 0.855. The van der Waals surface area contributed by atoms with E-state index in [2.05, 4.69) is 21.3 Å². The Balaban J connectivity index is 1.84. The lowest BCUT2D eigenvalue weighted by Crippen LogP contribution is -2.59. The predicted molar refractivity (Wildman–Crippen MR) is 310 cm³/mol. The minimum atomic E-state index is -1.04. The topological polar surface area (TPSA) is 260 Å². The van der Waals surface area contributed by atoms with Gasteiger partial charge in [-0.25, -0.2) is 4.98 Å². The fourth-order valence-electron chi connectivity index (χ4n) is 9.20. The summed E-state index contributed by atoms with van der Waals surface area (Å²) >= 11 is 1.11. The number of likely N-dealkylation sites (N-methyl/N-ethyl adjacent to an activating group) is 1. The first-order chi connectivity index (χ1) is 37.3. The smallest absolute Gasteiger partial charge is 0.307 e. The maximum absolute atomic E-state index is 15.0. The number of aromatic hydroxyl groups is 1. The Morgan fingerprint density at radius 1 is 0.899 bits per heavy atom. The number of hydrogen-bond acceptors (Lipinski definition) is 17. The maximum Gasteiger partial charge on any atom is 0.307 e. The molecule has 1 aromatic carbocycles. The fourth-order valence-corrected chi connectivity index (χ4v) is 12.4. The number of carbonyl (C=O) groups excluding carboxylic acids is 9. The lowest BCUT2D eigenvalue weighted by molar-refractivity contribution is -0.161. The summed E-state index contributed by atoms with van der Waals surface area (Å²) in [6, 6.07) is 3.18. The molecule has 19 nitrogen and oxygen atoms in total. The van der Waals surface area contributed by atoms with Gasteiger partial charge in [-0.3, -0.25) is 48.1 Å². The lowest BCUT2D eigenvalue weighted by atomic mass is 9.87. The highest BCUT2D eigenvalue weighted by molar-refractivity contribution is 8.76. The summed E-state index contributed by atoms with van der Waals surface area (Å²) in [5.74, 6) is -3.47. The zero-order chi connectivity index (χ0) is 58.9. The summed E-state index contributed by atoms with van der Waals surface area (Å²) in [5, 5.41) is 23.5. The van der Waals surface area contributed by atoms with Crippen LogP contribution in [0.1, 0.15) is 168 Å². The Labute approximate surface area is 480 Å². The van der Waals surface area contributed by atoms with Crippen LogP contribution in [-0.4, -0.2) is 142 Å². The minimum Gasteiger partial charge on any atom is -0.508 e. The van der Waals surface area contributed by atoms with Crippen LogP contribution in [0.15, 0.2) is 29.6 Å². The second-order valence-electron chi connectivity index (χ2n) is 21.7. The Morgan fingerprint density at radius 3 is 2.20 bits per heavy atom. The van der Waals surface area contributed by atoms with E-state index in [1.54, 1.807) is 36.6 Å². The highest BCUT2D eigenvalue weighted by Gasteiger charge is 2.40. The van der Waals surface area contributed by atoms with E-state index in [0.29, 0.717) is 42.2 Å². The number of benzene rings is 1. The average molecular weight is 1160 g/mol. The predicted octanol–water partition coefficient (Wildman–Crippen LogP) is 7.59. The van der Waals surface area contributed by atoms with Crippen LogP contribution in [0, 0.1) is 29.6 Å². The van der Waals surface area contributed by atoms with Crippen molar-refractivity contribution in [2.24, 2.45) is 29.6 Å². The van der Waals surface area contributed by atoms with Crippen LogP contribution < -0.4 is 21.3 Å². The molecule has 5 amide bonds. The van der Waals surface area contributed by atoms with Crippen molar-refractivity contribution in [3.05, 3.63) is 45.9 Å². The number of amides is 5. The van der Waals surface area contributed by atoms with Crippen molar-refractivity contribution in [1.82, 2.24) is 36.1 Å². The number of carbonyl (C=O) groups is 9. The molecule has 1 fully saturated rings. The number of thiazole rings is 1. The minimum absolute atomic E-state index is 0.00487. The van der Waals surface area contributed by atoms with E-state index in [1.807, 2.05) is 67.3 Å². The third-order valence-corrected chi connectivity index (χ3v) is 17.5. The van der Waals surface area contributed by atoms with E-state index in [-0.39, 0.29) is 103 Å². The molecule has 1 aromatic heterocycles. The number of nitrogens with zero attached hydrogens (tertiary/aromatic N) is 3. The van der Waals surface area contributed by atoms with Crippen molar-refractivity contribution in [2.45, 2.75) is 183 Å². The Morgan fingerprint density at radius 2 is 1.59 bits per heavy atom. The average Bonchev–Trinajstić information content (AvgIpc) is 3.93. The quantitative estimate of drug-likeness (QED) is 0.0193. The summed E-state index contributed by atoms with van der Waals surface area (Å²) < 4.78 is 11.7. The zero-order valence-corrected chi connectivity index (χ0v) is 51.0. The van der Waals surface area contributed by atoms with Gasteiger partial charge in [-0.2, -0.15) is 0 Å². The van der Waals surface area contributed by atoms with E-state index in [9.17, 15) is 43.5 Å². The van der Waals surface area contributed by atoms with Crippen LogP contribution in [0.25, 0.3) is 0 Å². The van der Waals surface area contributed by atoms with E-state index in [4.69, 9.17) is 14.5 Å². The molecule has 0 radical (unpaired) electrons. The Hall–Kier alpha value is -5.06. The molecule has 0 spiro atoms. The fraction of sp³-hybridized carbons (Fsp3) is 0.684. The van der Waals surface area contributed by atoms with Crippen molar-refractivity contribution in [1.29, 1.82) is 0 Å². The van der Waals surface area contributed by atoms with E-state index in [1.165, 1.54) is 40.3 Å². The molecular formula is C57H89N7O12S3. The number of piperidine rings is 1. The summed E-state index contributed by atoms with van der Waals surface area (Å²) in [6.07, 6.45) is 3.74. The van der Waals surface area contributed by atoms with Crippen molar-refractivity contribution < 1.29 is 57.7 Å². The van der Waals surface area contributed by atoms with Crippen LogP contribution >= 0.6 is 32.9 Å². The number of phenolic OH excluding ortho intramolecular Hbond substituents is 1. The second kappa shape index (κ2) is 34.9. The molecule has 22 heteroatoms. The van der Waals surface area contributed by atoms with Gasteiger partial charge in [-0.05, 0) is 88.1 Å². The molecule has 1 saturated heterocycles. The molecule has 2 unspecified atom stereocenters. The van der Waals surface area contributed by atoms with Crippen molar-refractivity contribution in [3.8, 4) is 5.75 Å². The zero-order valence-electron chi connectivity index (χ0n) is 48.6. The Bertz CT molecular complexity index is 2320. The van der Waals surface area contributed by atoms with Gasteiger partial charge in [0.1, 0.15) is 40.1 Å². The number of aromatic nitrogens is 1. The van der Waals surface area contributed by atoms with Gasteiger partial charge in [0, 0.05) is 80.0 Å². The third kappa shape index (κ3) is 23.9. The summed E-state index contributed by atoms with van der Waals surface area (Å²) in [7, 11) is 4.80. The molecule has 0 aliphatic carbocycles. The second-order valence-corrected chi connectivity index (χ2v) is 25.2. The molecule has 79 heavy (non-hydrogen) atoms. The standard InChI is InChI=1S/C57H89N7O12S3/c1-13-36(7)51(62-55(73)46-17-15-16-25-63(46)12)57(74)64(33-75-50(69)27-34(3)4)47(35(5)6)30-48(76-40(11)66)56-61-44(31-77-56)54(72)59-42(29-41-18-20-43(67)21-19-41)28-38(9)52(70)37(8)23-26-78-79-32-45(60-49(68)14-2)53(71)58-24-22-39(10)65/h18-21,31,34-38,42,45-48,51,67H,13-17,22-30,32-33H2,1-12H3,(H,58,71)(H,59,72)(H,60,68)(H,62,73)/t36-,37?,38?,42+,45-,46+,47+,48+,51-/m0/s1. The van der Waals surface area contributed by atoms with Crippen LogP contribution in [0.5, 0.6) is 5.75 Å². The highest BCUT2D eigenvalue weighted by atomic mass is 33.1. The molecular weight excluding hydrogens is 1070 g/mol. The third-order valence-electron chi connectivity index (χ3n) is 14.1. The highest BCUT2D eigenvalue weighted by Crippen LogP contribution is 2.33. The van der Waals surface area contributed by atoms with Gasteiger partial charge >= 0.3 is 11.9 Å². The Kier molecular flexibility index (Phi) is 30.2. The van der Waals surface area contributed by atoms with Gasteiger partial charge in [0.2, 0.25) is 23.6 Å². The first kappa shape index (κ1) is 68.2. The van der Waals surface area contributed by atoms with E-state index >= 15 is 4.79 Å². The number of ketones is 2. The number of Topliss-reactive ketones (excluding diaryl/α,β-unsaturated/α-hetero) is 2. The number of esters is 2. The van der Waals surface area contributed by atoms with Crippen molar-refractivity contribution in [2.75, 3.05) is 38.4 Å². The molecule has 442 valence electrons. The number of phenols is 1. The summed E-state index contributed by atoms with van der Waals surface area (Å²) in [6.45, 7) is 20.0. The normalized spacial score (nSPS) is 16.8. The monoisotopic (exact) mass is 1160 g/mol. The van der Waals surface area contributed by atoms with Gasteiger partial charge in [0.25, 0.3) is 5.91 Å². The lowest BCUT2D eigenvalue weighted by Gasteiger charge is -2.39. The number of hydrogen-bond donors (Lipinski definition) is 5. The number of nitrogens with one attached hydrogen (secondary N) is 4. The van der Waals surface area contributed by atoms with Crippen molar-refractivity contribution in [3.63, 3.8) is 0 Å². The molecule has 5 N–H and O–H groups in total. The molecule has 3 rings (SSSR count). The van der Waals surface area contributed by atoms with Gasteiger partial charge in [-0.15, -0.1) is 11.3 Å². The van der Waals surface area contributed by atoms with Gasteiger partial charge in [-0.1, -0.05) is 109 Å². The van der Waals surface area contributed by atoms with Crippen LogP contribution in [0.2, 0.25) is 0 Å². The molecule has 2 aromatic rings. The first-order valence-corrected chi connectivity index (χ1v) is 31.2. The molecule has 1 aliphatic heterocycles. The first-order valence-electron chi connectivity index (χ1n) is 27.9. The molecule has 0 bridgehead atoms. The number of likely N-dealkylation sites (tertiary alicyclic amines) is 1. The van der Waals surface area contributed by atoms with Crippen molar-refractivity contribution >= 4 is 86.0 Å². The van der Waals surface area contributed by atoms with Crippen LogP contribution in [0.4, 0.5) is 0 Å². The van der Waals surface area contributed by atoms with E-state index < -0.39 is 72.7 Å².